The van der Waals surface area contributed by atoms with E-state index in [1.54, 1.807) is 12.1 Å². The largest absolute Gasteiger partial charge is 0.398 e. The maximum absolute atomic E-state index is 9.08. The molecular formula is C12H15N3O2. The van der Waals surface area contributed by atoms with Gasteiger partial charge in [-0.1, -0.05) is 0 Å². The third-order valence-corrected chi connectivity index (χ3v) is 2.86. The number of nitrogens with zero attached hydrogens (tertiary/aromatic N) is 2. The summed E-state index contributed by atoms with van der Waals surface area (Å²) in [5, 5.41) is 18.0. The molecule has 1 atom stereocenters. The van der Waals surface area contributed by atoms with Crippen molar-refractivity contribution in [2.24, 2.45) is 0 Å². The molecule has 0 radical (unpaired) electrons. The minimum Gasteiger partial charge on any atom is -0.398 e. The van der Waals surface area contributed by atoms with Gasteiger partial charge in [0, 0.05) is 24.5 Å². The van der Waals surface area contributed by atoms with Gasteiger partial charge in [0.25, 0.3) is 0 Å². The third kappa shape index (κ3) is 2.49. The smallest absolute Gasteiger partial charge is 0.101 e. The zero-order chi connectivity index (χ0) is 12.3. The molecule has 5 heteroatoms. The molecule has 0 bridgehead atoms. The van der Waals surface area contributed by atoms with Crippen LogP contribution in [0.25, 0.3) is 0 Å². The lowest BCUT2D eigenvalue weighted by molar-refractivity contribution is 0.00357. The SMILES string of the molecule is N#Cc1cc(N2CCOC(CO)C2)ccc1N. The molecule has 90 valence electrons. The van der Waals surface area contributed by atoms with Gasteiger partial charge in [-0.05, 0) is 18.2 Å². The van der Waals surface area contributed by atoms with Crippen LogP contribution >= 0.6 is 0 Å². The zero-order valence-electron chi connectivity index (χ0n) is 9.47. The van der Waals surface area contributed by atoms with Crippen molar-refractivity contribution in [3.63, 3.8) is 0 Å². The summed E-state index contributed by atoms with van der Waals surface area (Å²) >= 11 is 0. The van der Waals surface area contributed by atoms with Gasteiger partial charge < -0.3 is 20.5 Å². The highest BCUT2D eigenvalue weighted by molar-refractivity contribution is 5.62. The number of benzene rings is 1. The second-order valence-electron chi connectivity index (χ2n) is 4.00. The molecule has 0 aromatic heterocycles. The standard InChI is InChI=1S/C12H15N3O2/c13-6-9-5-10(1-2-12(9)14)15-3-4-17-11(7-15)8-16/h1-2,5,11,16H,3-4,7-8,14H2. The van der Waals surface area contributed by atoms with Crippen molar-refractivity contribution in [1.29, 1.82) is 5.26 Å². The van der Waals surface area contributed by atoms with Crippen LogP contribution in [0.1, 0.15) is 5.56 Å². The number of nitrogen functional groups attached to an aromatic ring is 1. The molecule has 0 spiro atoms. The first-order valence-corrected chi connectivity index (χ1v) is 5.51. The fourth-order valence-corrected chi connectivity index (χ4v) is 1.90. The van der Waals surface area contributed by atoms with Crippen molar-refractivity contribution >= 4 is 11.4 Å². The average molecular weight is 233 g/mol. The van der Waals surface area contributed by atoms with Gasteiger partial charge in [-0.25, -0.2) is 0 Å². The second-order valence-corrected chi connectivity index (χ2v) is 4.00. The molecule has 1 fully saturated rings. The second kappa shape index (κ2) is 5.04. The molecular weight excluding hydrogens is 218 g/mol. The Labute approximate surface area is 100 Å². The van der Waals surface area contributed by atoms with E-state index in [0.717, 1.165) is 12.2 Å². The monoisotopic (exact) mass is 233 g/mol. The Kier molecular flexibility index (Phi) is 3.47. The molecule has 1 aliphatic heterocycles. The number of ether oxygens (including phenoxy) is 1. The van der Waals surface area contributed by atoms with E-state index in [9.17, 15) is 0 Å². The maximum Gasteiger partial charge on any atom is 0.101 e. The molecule has 1 unspecified atom stereocenters. The number of hydrogen-bond acceptors (Lipinski definition) is 5. The molecule has 0 aliphatic carbocycles. The molecule has 0 saturated carbocycles. The fourth-order valence-electron chi connectivity index (χ4n) is 1.90. The Morgan fingerprint density at radius 3 is 3.12 bits per heavy atom. The summed E-state index contributed by atoms with van der Waals surface area (Å²) in [5.41, 5.74) is 7.59. The number of nitrogens with two attached hydrogens (primary N) is 1. The van der Waals surface area contributed by atoms with Gasteiger partial charge in [0.05, 0.1) is 24.9 Å². The van der Waals surface area contributed by atoms with Crippen LogP contribution in [0.5, 0.6) is 0 Å². The molecule has 2 rings (SSSR count). The van der Waals surface area contributed by atoms with Gasteiger partial charge >= 0.3 is 0 Å². The van der Waals surface area contributed by atoms with Crippen molar-refractivity contribution in [1.82, 2.24) is 0 Å². The molecule has 1 heterocycles. The van der Waals surface area contributed by atoms with E-state index >= 15 is 0 Å². The lowest BCUT2D eigenvalue weighted by Gasteiger charge is -2.33. The number of nitriles is 1. The minimum atomic E-state index is -0.160. The van der Waals surface area contributed by atoms with E-state index in [1.807, 2.05) is 6.07 Å². The first-order chi connectivity index (χ1) is 8.24. The van der Waals surface area contributed by atoms with Crippen molar-refractivity contribution in [2.45, 2.75) is 6.10 Å². The Hall–Kier alpha value is -1.77. The number of rotatable bonds is 2. The van der Waals surface area contributed by atoms with Crippen LogP contribution in [0.3, 0.4) is 0 Å². The Morgan fingerprint density at radius 1 is 1.59 bits per heavy atom. The van der Waals surface area contributed by atoms with Gasteiger partial charge in [0.1, 0.15) is 6.07 Å². The van der Waals surface area contributed by atoms with Gasteiger partial charge in [0.15, 0.2) is 0 Å². The first kappa shape index (κ1) is 11.7. The van der Waals surface area contributed by atoms with E-state index in [-0.39, 0.29) is 12.7 Å². The molecule has 1 aliphatic rings. The van der Waals surface area contributed by atoms with Gasteiger partial charge in [0.2, 0.25) is 0 Å². The molecule has 1 aromatic carbocycles. The van der Waals surface area contributed by atoms with Crippen LogP contribution in [0.4, 0.5) is 11.4 Å². The van der Waals surface area contributed by atoms with E-state index in [4.69, 9.17) is 20.8 Å². The average Bonchev–Trinajstić information content (AvgIpc) is 2.39. The summed E-state index contributed by atoms with van der Waals surface area (Å²) in [5.74, 6) is 0. The summed E-state index contributed by atoms with van der Waals surface area (Å²) in [6.07, 6.45) is -0.160. The van der Waals surface area contributed by atoms with Crippen LogP contribution in [-0.4, -0.2) is 37.5 Å². The minimum absolute atomic E-state index is 0.0105. The highest BCUT2D eigenvalue weighted by Crippen LogP contribution is 2.22. The number of morpholine rings is 1. The van der Waals surface area contributed by atoms with Crippen LogP contribution in [0.15, 0.2) is 18.2 Å². The highest BCUT2D eigenvalue weighted by Gasteiger charge is 2.20. The van der Waals surface area contributed by atoms with Crippen molar-refractivity contribution in [3.05, 3.63) is 23.8 Å². The van der Waals surface area contributed by atoms with Crippen LogP contribution in [0, 0.1) is 11.3 Å². The highest BCUT2D eigenvalue weighted by atomic mass is 16.5. The molecule has 5 nitrogen and oxygen atoms in total. The van der Waals surface area contributed by atoms with Crippen molar-refractivity contribution < 1.29 is 9.84 Å². The van der Waals surface area contributed by atoms with Gasteiger partial charge in [-0.2, -0.15) is 5.26 Å². The van der Waals surface area contributed by atoms with E-state index < -0.39 is 0 Å². The molecule has 1 aromatic rings. The van der Waals surface area contributed by atoms with E-state index in [0.29, 0.717) is 24.4 Å². The molecule has 0 amide bonds. The first-order valence-electron chi connectivity index (χ1n) is 5.51. The summed E-state index contributed by atoms with van der Waals surface area (Å²) in [6.45, 7) is 1.98. The number of anilines is 2. The van der Waals surface area contributed by atoms with Crippen LogP contribution in [-0.2, 0) is 4.74 Å². The van der Waals surface area contributed by atoms with Gasteiger partial charge in [-0.15, -0.1) is 0 Å². The predicted molar refractivity (Wildman–Crippen MR) is 64.6 cm³/mol. The number of aliphatic hydroxyl groups excluding tert-OH is 1. The lowest BCUT2D eigenvalue weighted by Crippen LogP contribution is -2.44. The summed E-state index contributed by atoms with van der Waals surface area (Å²) in [4.78, 5) is 2.09. The third-order valence-electron chi connectivity index (χ3n) is 2.86. The van der Waals surface area contributed by atoms with Crippen molar-refractivity contribution in [3.8, 4) is 6.07 Å². The van der Waals surface area contributed by atoms with Gasteiger partial charge in [-0.3, -0.25) is 0 Å². The quantitative estimate of drug-likeness (QED) is 0.720. The maximum atomic E-state index is 9.08. The molecule has 17 heavy (non-hydrogen) atoms. The van der Waals surface area contributed by atoms with E-state index in [1.165, 1.54) is 0 Å². The Balaban J connectivity index is 2.19. The Bertz CT molecular complexity index is 442. The zero-order valence-corrected chi connectivity index (χ0v) is 9.47. The van der Waals surface area contributed by atoms with Crippen molar-refractivity contribution in [2.75, 3.05) is 36.9 Å². The summed E-state index contributed by atoms with van der Waals surface area (Å²) in [7, 11) is 0. The van der Waals surface area contributed by atoms with Crippen LogP contribution in [0.2, 0.25) is 0 Å². The molecule has 1 saturated heterocycles. The normalized spacial score (nSPS) is 20.0. The summed E-state index contributed by atoms with van der Waals surface area (Å²) in [6, 6.07) is 7.46. The number of hydrogen-bond donors (Lipinski definition) is 2. The predicted octanol–water partition coefficient (Wildman–Crippen LogP) is 0.338. The fraction of sp³-hybridized carbons (Fsp3) is 0.417. The van der Waals surface area contributed by atoms with Crippen LogP contribution < -0.4 is 10.6 Å². The number of aliphatic hydroxyl groups is 1. The summed E-state index contributed by atoms with van der Waals surface area (Å²) < 4.78 is 5.38. The topological polar surface area (TPSA) is 82.5 Å². The Morgan fingerprint density at radius 2 is 2.41 bits per heavy atom. The molecule has 3 N–H and O–H groups in total. The lowest BCUT2D eigenvalue weighted by atomic mass is 10.1. The van der Waals surface area contributed by atoms with E-state index in [2.05, 4.69) is 11.0 Å².